The van der Waals surface area contributed by atoms with Gasteiger partial charge in [-0.3, -0.25) is 0 Å². The summed E-state index contributed by atoms with van der Waals surface area (Å²) in [7, 11) is 0. The fourth-order valence-electron chi connectivity index (χ4n) is 3.05. The zero-order chi connectivity index (χ0) is 14.8. The van der Waals surface area contributed by atoms with E-state index in [1.807, 2.05) is 17.4 Å². The maximum atomic E-state index is 6.25. The molecule has 1 aliphatic heterocycles. The van der Waals surface area contributed by atoms with E-state index in [0.717, 1.165) is 31.1 Å². The summed E-state index contributed by atoms with van der Waals surface area (Å²) >= 11 is 8.13. The highest BCUT2D eigenvalue weighted by Crippen LogP contribution is 2.38. The van der Waals surface area contributed by atoms with Gasteiger partial charge in [-0.15, -0.1) is 11.3 Å². The lowest BCUT2D eigenvalue weighted by Crippen LogP contribution is -2.34. The number of thiophene rings is 1. The van der Waals surface area contributed by atoms with Crippen molar-refractivity contribution in [3.63, 3.8) is 0 Å². The van der Waals surface area contributed by atoms with E-state index in [1.165, 1.54) is 21.7 Å². The van der Waals surface area contributed by atoms with Crippen LogP contribution < -0.4 is 10.2 Å². The molecule has 0 aliphatic carbocycles. The molecule has 0 radical (unpaired) electrons. The largest absolute Gasteiger partial charge is 0.364 e. The van der Waals surface area contributed by atoms with Gasteiger partial charge in [-0.05, 0) is 54.6 Å². The Kier molecular flexibility index (Phi) is 4.53. The molecular formula is C17H21ClN2S. The predicted molar refractivity (Wildman–Crippen MR) is 92.6 cm³/mol. The van der Waals surface area contributed by atoms with Crippen LogP contribution in [-0.4, -0.2) is 13.1 Å². The van der Waals surface area contributed by atoms with E-state index in [2.05, 4.69) is 47.6 Å². The van der Waals surface area contributed by atoms with Crippen LogP contribution in [-0.2, 0) is 13.0 Å². The van der Waals surface area contributed by atoms with Crippen molar-refractivity contribution >= 4 is 28.6 Å². The van der Waals surface area contributed by atoms with Crippen LogP contribution in [0.15, 0.2) is 29.6 Å². The van der Waals surface area contributed by atoms with Crippen LogP contribution in [0.5, 0.6) is 0 Å². The summed E-state index contributed by atoms with van der Waals surface area (Å²) in [5.74, 6) is 0. The number of benzene rings is 1. The van der Waals surface area contributed by atoms with Gasteiger partial charge in [0.1, 0.15) is 0 Å². The predicted octanol–water partition coefficient (Wildman–Crippen LogP) is 4.63. The molecule has 2 heterocycles. The average molecular weight is 321 g/mol. The molecule has 1 atom stereocenters. The van der Waals surface area contributed by atoms with Crippen molar-refractivity contribution in [2.24, 2.45) is 0 Å². The first kappa shape index (κ1) is 14.9. The van der Waals surface area contributed by atoms with Crippen molar-refractivity contribution in [1.29, 1.82) is 0 Å². The molecule has 2 aromatic rings. The van der Waals surface area contributed by atoms with Crippen LogP contribution in [0.4, 0.5) is 5.69 Å². The summed E-state index contributed by atoms with van der Waals surface area (Å²) in [6, 6.07) is 8.94. The maximum absolute atomic E-state index is 6.25. The molecule has 1 aromatic heterocycles. The maximum Gasteiger partial charge on any atom is 0.0525 e. The molecule has 21 heavy (non-hydrogen) atoms. The van der Waals surface area contributed by atoms with Gasteiger partial charge in [0.15, 0.2) is 0 Å². The second-order valence-electron chi connectivity index (χ2n) is 5.47. The minimum Gasteiger partial charge on any atom is -0.364 e. The van der Waals surface area contributed by atoms with E-state index in [9.17, 15) is 0 Å². The molecular weight excluding hydrogens is 300 g/mol. The summed E-state index contributed by atoms with van der Waals surface area (Å²) in [6.07, 6.45) is 1.13. The molecule has 1 N–H and O–H groups in total. The minimum atomic E-state index is 0.416. The summed E-state index contributed by atoms with van der Waals surface area (Å²) in [6.45, 7) is 7.36. The fraction of sp³-hybridized carbons (Fsp3) is 0.412. The second kappa shape index (κ2) is 6.39. The molecule has 0 saturated carbocycles. The third-order valence-electron chi connectivity index (χ3n) is 4.20. The zero-order valence-electron chi connectivity index (χ0n) is 12.5. The van der Waals surface area contributed by atoms with Crippen molar-refractivity contribution in [1.82, 2.24) is 5.32 Å². The smallest absolute Gasteiger partial charge is 0.0525 e. The Hall–Kier alpha value is -1.03. The molecule has 0 bridgehead atoms. The van der Waals surface area contributed by atoms with Crippen LogP contribution >= 0.6 is 22.9 Å². The van der Waals surface area contributed by atoms with E-state index in [-0.39, 0.29) is 0 Å². The standard InChI is InChI=1S/C17H21ClN2S/c1-3-19-11-13-4-5-14(18)10-16(13)20-8-6-17-15(12(20)2)7-9-21-17/h4-5,7,9-10,12,19H,3,6,8,11H2,1-2H3. The normalized spacial score (nSPS) is 17.9. The summed E-state index contributed by atoms with van der Waals surface area (Å²) in [5.41, 5.74) is 4.07. The Morgan fingerprint density at radius 3 is 3.05 bits per heavy atom. The SMILES string of the molecule is CCNCc1ccc(Cl)cc1N1CCc2sccc2C1C. The molecule has 0 spiro atoms. The van der Waals surface area contributed by atoms with E-state index >= 15 is 0 Å². The first-order valence-electron chi connectivity index (χ1n) is 7.52. The summed E-state index contributed by atoms with van der Waals surface area (Å²) in [5, 5.41) is 6.45. The molecule has 0 amide bonds. The second-order valence-corrected chi connectivity index (χ2v) is 6.91. The van der Waals surface area contributed by atoms with Gasteiger partial charge in [-0.1, -0.05) is 24.6 Å². The van der Waals surface area contributed by atoms with Crippen molar-refractivity contribution in [2.75, 3.05) is 18.0 Å². The van der Waals surface area contributed by atoms with Crippen molar-refractivity contribution in [3.05, 3.63) is 50.7 Å². The highest BCUT2D eigenvalue weighted by molar-refractivity contribution is 7.10. The topological polar surface area (TPSA) is 15.3 Å². The van der Waals surface area contributed by atoms with Gasteiger partial charge in [-0.25, -0.2) is 0 Å². The lowest BCUT2D eigenvalue weighted by molar-refractivity contribution is 0.625. The van der Waals surface area contributed by atoms with Gasteiger partial charge in [-0.2, -0.15) is 0 Å². The molecule has 0 saturated heterocycles. The lowest BCUT2D eigenvalue weighted by atomic mass is 9.99. The van der Waals surface area contributed by atoms with Gasteiger partial charge < -0.3 is 10.2 Å². The zero-order valence-corrected chi connectivity index (χ0v) is 14.1. The Morgan fingerprint density at radius 2 is 2.24 bits per heavy atom. The number of halogens is 1. The summed E-state index contributed by atoms with van der Waals surface area (Å²) < 4.78 is 0. The van der Waals surface area contributed by atoms with Crippen LogP contribution in [0.2, 0.25) is 5.02 Å². The Balaban J connectivity index is 1.94. The number of anilines is 1. The molecule has 4 heteroatoms. The van der Waals surface area contributed by atoms with E-state index in [4.69, 9.17) is 11.6 Å². The van der Waals surface area contributed by atoms with Crippen LogP contribution in [0.3, 0.4) is 0 Å². The first-order valence-corrected chi connectivity index (χ1v) is 8.78. The average Bonchev–Trinajstić information content (AvgIpc) is 2.96. The molecule has 3 rings (SSSR count). The van der Waals surface area contributed by atoms with Crippen LogP contribution in [0, 0.1) is 0 Å². The van der Waals surface area contributed by atoms with Gasteiger partial charge in [0, 0.05) is 28.7 Å². The molecule has 0 fully saturated rings. The van der Waals surface area contributed by atoms with E-state index < -0.39 is 0 Å². The Labute approximate surface area is 135 Å². The van der Waals surface area contributed by atoms with Crippen LogP contribution in [0.1, 0.15) is 35.9 Å². The van der Waals surface area contributed by atoms with Gasteiger partial charge in [0.2, 0.25) is 0 Å². The Bertz CT molecular complexity index is 623. The number of hydrogen-bond acceptors (Lipinski definition) is 3. The van der Waals surface area contributed by atoms with Gasteiger partial charge >= 0.3 is 0 Å². The summed E-state index contributed by atoms with van der Waals surface area (Å²) in [4.78, 5) is 4.03. The number of hydrogen-bond donors (Lipinski definition) is 1. The molecule has 1 aromatic carbocycles. The third kappa shape index (κ3) is 2.96. The van der Waals surface area contributed by atoms with E-state index in [0.29, 0.717) is 6.04 Å². The molecule has 1 aliphatic rings. The fourth-order valence-corrected chi connectivity index (χ4v) is 4.18. The monoisotopic (exact) mass is 320 g/mol. The number of nitrogens with one attached hydrogen (secondary N) is 1. The van der Waals surface area contributed by atoms with Crippen LogP contribution in [0.25, 0.3) is 0 Å². The van der Waals surface area contributed by atoms with Crippen molar-refractivity contribution in [3.8, 4) is 0 Å². The Morgan fingerprint density at radius 1 is 1.38 bits per heavy atom. The molecule has 112 valence electrons. The quantitative estimate of drug-likeness (QED) is 0.883. The van der Waals surface area contributed by atoms with Crippen molar-refractivity contribution < 1.29 is 0 Å². The number of nitrogens with zero attached hydrogens (tertiary/aromatic N) is 1. The van der Waals surface area contributed by atoms with Gasteiger partial charge in [0.25, 0.3) is 0 Å². The molecule has 1 unspecified atom stereocenters. The van der Waals surface area contributed by atoms with Gasteiger partial charge in [0.05, 0.1) is 6.04 Å². The number of rotatable bonds is 4. The highest BCUT2D eigenvalue weighted by Gasteiger charge is 2.26. The molecule has 2 nitrogen and oxygen atoms in total. The lowest BCUT2D eigenvalue weighted by Gasteiger charge is -2.37. The number of fused-ring (bicyclic) bond motifs is 1. The van der Waals surface area contributed by atoms with Crippen molar-refractivity contribution in [2.45, 2.75) is 32.9 Å². The van der Waals surface area contributed by atoms with E-state index in [1.54, 1.807) is 0 Å². The first-order chi connectivity index (χ1) is 10.2. The highest BCUT2D eigenvalue weighted by atomic mass is 35.5. The third-order valence-corrected chi connectivity index (χ3v) is 5.43. The minimum absolute atomic E-state index is 0.416.